The lowest BCUT2D eigenvalue weighted by molar-refractivity contribution is -0.114. The van der Waals surface area contributed by atoms with Crippen LogP contribution in [0.2, 0.25) is 0 Å². The highest BCUT2D eigenvalue weighted by Gasteiger charge is 2.23. The number of nitrogens with zero attached hydrogens (tertiary/aromatic N) is 1. The van der Waals surface area contributed by atoms with Gasteiger partial charge in [-0.3, -0.25) is 9.10 Å². The quantitative estimate of drug-likeness (QED) is 0.535. The number of methoxy groups -OCH3 is 1. The summed E-state index contributed by atoms with van der Waals surface area (Å²) in [6.07, 6.45) is 1.81. The number of hydrogen-bond acceptors (Lipinski definition) is 6. The Labute approximate surface area is 189 Å². The molecule has 32 heavy (non-hydrogen) atoms. The lowest BCUT2D eigenvalue weighted by Gasteiger charge is -2.22. The van der Waals surface area contributed by atoms with Crippen LogP contribution >= 0.6 is 0 Å². The van der Waals surface area contributed by atoms with E-state index in [1.165, 1.54) is 25.3 Å². The van der Waals surface area contributed by atoms with Crippen LogP contribution in [0.4, 0.5) is 11.4 Å². The fourth-order valence-electron chi connectivity index (χ4n) is 2.95. The zero-order chi connectivity index (χ0) is 24.1. The van der Waals surface area contributed by atoms with Crippen LogP contribution in [0.25, 0.3) is 0 Å². The van der Waals surface area contributed by atoms with Crippen molar-refractivity contribution in [1.82, 2.24) is 4.72 Å². The summed E-state index contributed by atoms with van der Waals surface area (Å²) in [5.41, 5.74) is 1.49. The van der Waals surface area contributed by atoms with Crippen molar-refractivity contribution in [3.8, 4) is 5.75 Å². The lowest BCUT2D eigenvalue weighted by Crippen LogP contribution is -2.37. The Morgan fingerprint density at radius 3 is 2.19 bits per heavy atom. The molecule has 176 valence electrons. The standard InChI is InChI=1S/C21H29N3O6S2/c1-6-16-7-9-17(10-8-16)24(31(5,26)27)14-21(25)22-19-13-18(11-12-20(19)30-4)32(28,29)23-15(2)3/h7-13,15,23H,6,14H2,1-5H3,(H,22,25). The molecule has 0 aliphatic carbocycles. The SMILES string of the molecule is CCc1ccc(N(CC(=O)Nc2cc(S(=O)(=O)NC(C)C)ccc2OC)S(C)(=O)=O)cc1. The van der Waals surface area contributed by atoms with Gasteiger partial charge in [-0.25, -0.2) is 21.6 Å². The van der Waals surface area contributed by atoms with E-state index in [0.717, 1.165) is 22.5 Å². The molecule has 11 heteroatoms. The first kappa shape index (κ1) is 25.6. The molecule has 0 heterocycles. The van der Waals surface area contributed by atoms with Crippen LogP contribution in [0.3, 0.4) is 0 Å². The predicted octanol–water partition coefficient (Wildman–Crippen LogP) is 2.35. The van der Waals surface area contributed by atoms with E-state index in [4.69, 9.17) is 4.74 Å². The summed E-state index contributed by atoms with van der Waals surface area (Å²) in [4.78, 5) is 12.7. The number of benzene rings is 2. The summed E-state index contributed by atoms with van der Waals surface area (Å²) in [5.74, 6) is -0.417. The number of carbonyl (C=O) groups excluding carboxylic acids is 1. The molecule has 2 aromatic rings. The number of aryl methyl sites for hydroxylation is 1. The minimum absolute atomic E-state index is 0.0579. The number of amides is 1. The molecule has 9 nitrogen and oxygen atoms in total. The maximum atomic E-state index is 12.7. The Bertz CT molecular complexity index is 1160. The van der Waals surface area contributed by atoms with Crippen molar-refractivity contribution in [2.24, 2.45) is 0 Å². The predicted molar refractivity (Wildman–Crippen MR) is 125 cm³/mol. The van der Waals surface area contributed by atoms with Crippen molar-refractivity contribution in [3.63, 3.8) is 0 Å². The highest BCUT2D eigenvalue weighted by atomic mass is 32.2. The van der Waals surface area contributed by atoms with Crippen molar-refractivity contribution in [1.29, 1.82) is 0 Å². The van der Waals surface area contributed by atoms with Crippen LogP contribution in [-0.4, -0.2) is 48.7 Å². The van der Waals surface area contributed by atoms with Gasteiger partial charge < -0.3 is 10.1 Å². The minimum atomic E-state index is -3.80. The Morgan fingerprint density at radius 2 is 1.69 bits per heavy atom. The second-order valence-corrected chi connectivity index (χ2v) is 11.1. The van der Waals surface area contributed by atoms with Crippen molar-refractivity contribution in [2.45, 2.75) is 38.1 Å². The van der Waals surface area contributed by atoms with Gasteiger partial charge in [-0.05, 0) is 56.2 Å². The van der Waals surface area contributed by atoms with Gasteiger partial charge in [0.1, 0.15) is 12.3 Å². The Morgan fingerprint density at radius 1 is 1.06 bits per heavy atom. The Balaban J connectivity index is 2.32. The fourth-order valence-corrected chi connectivity index (χ4v) is 5.08. The van der Waals surface area contributed by atoms with Gasteiger partial charge in [0.2, 0.25) is 26.0 Å². The van der Waals surface area contributed by atoms with Gasteiger partial charge in [-0.2, -0.15) is 0 Å². The molecule has 0 aliphatic heterocycles. The zero-order valence-electron chi connectivity index (χ0n) is 18.7. The molecule has 0 saturated heterocycles. The number of rotatable bonds is 10. The third-order valence-electron chi connectivity index (χ3n) is 4.47. The van der Waals surface area contributed by atoms with E-state index in [9.17, 15) is 21.6 Å². The molecule has 0 fully saturated rings. The van der Waals surface area contributed by atoms with Gasteiger partial charge in [0.15, 0.2) is 0 Å². The lowest BCUT2D eigenvalue weighted by atomic mass is 10.1. The first-order valence-electron chi connectivity index (χ1n) is 9.94. The minimum Gasteiger partial charge on any atom is -0.495 e. The van der Waals surface area contributed by atoms with E-state index in [0.29, 0.717) is 5.69 Å². The molecule has 2 N–H and O–H groups in total. The maximum Gasteiger partial charge on any atom is 0.245 e. The summed E-state index contributed by atoms with van der Waals surface area (Å²) in [6, 6.07) is 10.6. The van der Waals surface area contributed by atoms with Gasteiger partial charge >= 0.3 is 0 Å². The Kier molecular flexibility index (Phi) is 8.27. The molecule has 0 unspecified atom stereocenters. The molecule has 2 aromatic carbocycles. The number of carbonyl (C=O) groups is 1. The van der Waals surface area contributed by atoms with Crippen LogP contribution in [0, 0.1) is 0 Å². The van der Waals surface area contributed by atoms with Gasteiger partial charge in [0.25, 0.3) is 0 Å². The van der Waals surface area contributed by atoms with Crippen molar-refractivity contribution in [2.75, 3.05) is 29.5 Å². The van der Waals surface area contributed by atoms with Crippen molar-refractivity contribution < 1.29 is 26.4 Å². The van der Waals surface area contributed by atoms with Crippen LogP contribution in [0.1, 0.15) is 26.3 Å². The molecule has 0 radical (unpaired) electrons. The average molecular weight is 484 g/mol. The van der Waals surface area contributed by atoms with Crippen molar-refractivity contribution >= 4 is 37.3 Å². The number of ether oxygens (including phenoxy) is 1. The zero-order valence-corrected chi connectivity index (χ0v) is 20.4. The molecule has 0 bridgehead atoms. The van der Waals surface area contributed by atoms with Gasteiger partial charge in [0.05, 0.1) is 29.6 Å². The summed E-state index contributed by atoms with van der Waals surface area (Å²) >= 11 is 0. The highest BCUT2D eigenvalue weighted by molar-refractivity contribution is 7.92. The van der Waals surface area contributed by atoms with Crippen LogP contribution in [0.15, 0.2) is 47.4 Å². The van der Waals surface area contributed by atoms with Crippen LogP contribution in [-0.2, 0) is 31.3 Å². The van der Waals surface area contributed by atoms with Crippen LogP contribution < -0.4 is 19.1 Å². The molecular weight excluding hydrogens is 454 g/mol. The number of sulfonamides is 2. The third-order valence-corrected chi connectivity index (χ3v) is 7.26. The Hall–Kier alpha value is -2.63. The van der Waals surface area contributed by atoms with E-state index in [1.54, 1.807) is 38.1 Å². The number of hydrogen-bond donors (Lipinski definition) is 2. The van der Waals surface area contributed by atoms with E-state index in [2.05, 4.69) is 10.0 Å². The molecule has 0 aromatic heterocycles. The molecule has 2 rings (SSSR count). The molecular formula is C21H29N3O6S2. The topological polar surface area (TPSA) is 122 Å². The van der Waals surface area contributed by atoms with E-state index in [1.807, 2.05) is 6.92 Å². The van der Waals surface area contributed by atoms with Crippen LogP contribution in [0.5, 0.6) is 5.75 Å². The third kappa shape index (κ3) is 6.68. The first-order valence-corrected chi connectivity index (χ1v) is 13.3. The van der Waals surface area contributed by atoms with Gasteiger partial charge in [0, 0.05) is 6.04 Å². The average Bonchev–Trinajstić information content (AvgIpc) is 2.70. The molecule has 0 aliphatic rings. The van der Waals surface area contributed by atoms with Crippen molar-refractivity contribution in [3.05, 3.63) is 48.0 Å². The van der Waals surface area contributed by atoms with E-state index in [-0.39, 0.29) is 22.4 Å². The van der Waals surface area contributed by atoms with Gasteiger partial charge in [-0.15, -0.1) is 0 Å². The smallest absolute Gasteiger partial charge is 0.245 e. The molecule has 1 amide bonds. The fraction of sp³-hybridized carbons (Fsp3) is 0.381. The summed E-state index contributed by atoms with van der Waals surface area (Å²) in [7, 11) is -6.17. The first-order chi connectivity index (χ1) is 14.9. The molecule has 0 atom stereocenters. The van der Waals surface area contributed by atoms with Gasteiger partial charge in [-0.1, -0.05) is 19.1 Å². The van der Waals surface area contributed by atoms with E-state index < -0.39 is 32.5 Å². The van der Waals surface area contributed by atoms with E-state index >= 15 is 0 Å². The monoisotopic (exact) mass is 483 g/mol. The maximum absolute atomic E-state index is 12.7. The number of nitrogens with one attached hydrogen (secondary N) is 2. The normalized spacial score (nSPS) is 11.9. The summed E-state index contributed by atoms with van der Waals surface area (Å²) in [6.45, 7) is 4.87. The largest absolute Gasteiger partial charge is 0.495 e. The summed E-state index contributed by atoms with van der Waals surface area (Å²) < 4.78 is 58.3. The number of anilines is 2. The summed E-state index contributed by atoms with van der Waals surface area (Å²) in [5, 5.41) is 2.56. The second-order valence-electron chi connectivity index (χ2n) is 7.48. The molecule has 0 spiro atoms. The second kappa shape index (κ2) is 10.3. The highest BCUT2D eigenvalue weighted by Crippen LogP contribution is 2.28. The molecule has 0 saturated carbocycles.